The van der Waals surface area contributed by atoms with E-state index in [2.05, 4.69) is 15.3 Å². The Labute approximate surface area is 229 Å². The molecule has 0 spiro atoms. The van der Waals surface area contributed by atoms with Crippen molar-refractivity contribution in [2.24, 2.45) is 0 Å². The minimum atomic E-state index is -4.85. The number of nitrogens with one attached hydrogen (secondary N) is 1. The number of carbonyl (C=O) groups is 1. The summed E-state index contributed by atoms with van der Waals surface area (Å²) in [4.78, 5) is 22.6. The molecule has 1 aliphatic rings. The second-order valence-corrected chi connectivity index (χ2v) is 10.3. The van der Waals surface area contributed by atoms with Crippen LogP contribution in [0, 0.1) is 5.82 Å². The van der Waals surface area contributed by atoms with Crippen molar-refractivity contribution in [1.82, 2.24) is 9.97 Å². The van der Waals surface area contributed by atoms with E-state index in [4.69, 9.17) is 4.55 Å². The number of hydrogen-bond donors (Lipinski definition) is 2. The van der Waals surface area contributed by atoms with Gasteiger partial charge in [-0.25, -0.2) is 14.4 Å². The molecule has 3 heterocycles. The first-order valence-corrected chi connectivity index (χ1v) is 12.6. The van der Waals surface area contributed by atoms with E-state index in [0.29, 0.717) is 25.0 Å². The van der Waals surface area contributed by atoms with Crippen LogP contribution in [0.2, 0.25) is 0 Å². The van der Waals surface area contributed by atoms with Crippen molar-refractivity contribution in [1.29, 1.82) is 0 Å². The van der Waals surface area contributed by atoms with Gasteiger partial charge in [-0.1, -0.05) is 6.07 Å². The summed E-state index contributed by atoms with van der Waals surface area (Å²) in [6, 6.07) is 5.99. The molecule has 2 aromatic heterocycles. The quantitative estimate of drug-likeness (QED) is 0.280. The van der Waals surface area contributed by atoms with Crippen LogP contribution in [-0.2, 0) is 16.3 Å². The number of piperidine rings is 1. The van der Waals surface area contributed by atoms with Gasteiger partial charge in [0.1, 0.15) is 11.6 Å². The van der Waals surface area contributed by atoms with Crippen molar-refractivity contribution in [3.8, 4) is 11.3 Å². The number of rotatable bonds is 5. The van der Waals surface area contributed by atoms with Crippen LogP contribution in [0.25, 0.3) is 11.3 Å². The fourth-order valence-electron chi connectivity index (χ4n) is 3.66. The Morgan fingerprint density at radius 1 is 1.17 bits per heavy atom. The predicted molar refractivity (Wildman–Crippen MR) is 129 cm³/mol. The third kappa shape index (κ3) is 6.42. The second-order valence-electron chi connectivity index (χ2n) is 7.76. The van der Waals surface area contributed by atoms with Gasteiger partial charge in [0.05, 0.1) is 22.1 Å². The number of thiazole rings is 1. The molecule has 3 aromatic rings. The average molecular weight is 555 g/mol. The molecule has 0 bridgehead atoms. The van der Waals surface area contributed by atoms with Gasteiger partial charge in [0.15, 0.2) is 5.13 Å². The van der Waals surface area contributed by atoms with E-state index in [9.17, 15) is 30.8 Å². The summed E-state index contributed by atoms with van der Waals surface area (Å²) < 4.78 is 84.9. The first-order chi connectivity index (χ1) is 16.4. The number of carbonyl (C=O) groups excluding carboxylic acids is 1. The number of aromatic nitrogens is 2. The topological polar surface area (TPSA) is 112 Å². The number of nitrogens with zero attached hydrogens (tertiary/aromatic N) is 3. The van der Waals surface area contributed by atoms with Crippen LogP contribution >= 0.6 is 11.3 Å². The molecule has 8 nitrogen and oxygen atoms in total. The van der Waals surface area contributed by atoms with Gasteiger partial charge < -0.3 is 4.90 Å². The molecule has 0 saturated carbocycles. The molecule has 1 fully saturated rings. The third-order valence-electron chi connectivity index (χ3n) is 5.50. The Bertz CT molecular complexity index is 1340. The molecular formula is C21H19F4N4NaO4S2. The van der Waals surface area contributed by atoms with Crippen LogP contribution < -0.4 is 10.2 Å². The fourth-order valence-corrected chi connectivity index (χ4v) is 5.18. The van der Waals surface area contributed by atoms with Gasteiger partial charge in [0, 0.05) is 30.2 Å². The van der Waals surface area contributed by atoms with Gasteiger partial charge in [0.25, 0.3) is 16.0 Å². The molecule has 1 amide bonds. The van der Waals surface area contributed by atoms with Gasteiger partial charge in [-0.15, -0.1) is 11.3 Å². The molecule has 0 aliphatic carbocycles. The zero-order valence-electron chi connectivity index (χ0n) is 17.8. The Hall–Kier alpha value is -2.10. The molecular weight excluding hydrogens is 535 g/mol. The van der Waals surface area contributed by atoms with E-state index < -0.39 is 38.8 Å². The van der Waals surface area contributed by atoms with Crippen molar-refractivity contribution >= 4 is 67.9 Å². The molecule has 1 aromatic carbocycles. The third-order valence-corrected chi connectivity index (χ3v) is 7.57. The number of anilines is 2. The molecule has 4 rings (SSSR count). The number of alkyl halides is 3. The standard InChI is InChI=1S/C21H18F4N4O4S2.Na.H/c22-18-14(2-1-3-15(18)21(23,24)25)16-11-34-20(27-16)28-19(30)12-4-5-17(26-10-12)29-8-6-13(7-9-29)35(31,32)33;;/h1-5,10-11,13H,6-9H2,(H,27,28,30)(H,31,32,33);;. The maximum atomic E-state index is 14.4. The molecule has 1 aliphatic heterocycles. The summed E-state index contributed by atoms with van der Waals surface area (Å²) in [5.41, 5.74) is -1.60. The van der Waals surface area contributed by atoms with Crippen LogP contribution in [0.4, 0.5) is 28.5 Å². The monoisotopic (exact) mass is 554 g/mol. The Balaban J connectivity index is 0.00000361. The van der Waals surface area contributed by atoms with Crippen molar-refractivity contribution in [2.45, 2.75) is 24.3 Å². The zero-order chi connectivity index (χ0) is 25.4. The molecule has 0 radical (unpaired) electrons. The van der Waals surface area contributed by atoms with Crippen LogP contribution in [0.15, 0.2) is 41.9 Å². The van der Waals surface area contributed by atoms with E-state index in [-0.39, 0.29) is 64.4 Å². The zero-order valence-corrected chi connectivity index (χ0v) is 19.4. The molecule has 1 saturated heterocycles. The van der Waals surface area contributed by atoms with E-state index in [1.807, 2.05) is 4.90 Å². The first-order valence-electron chi connectivity index (χ1n) is 10.2. The summed E-state index contributed by atoms with van der Waals surface area (Å²) in [5, 5.41) is 3.11. The molecule has 0 unspecified atom stereocenters. The van der Waals surface area contributed by atoms with Gasteiger partial charge in [0.2, 0.25) is 0 Å². The number of pyridine rings is 1. The fraction of sp³-hybridized carbons (Fsp3) is 0.286. The average Bonchev–Trinajstić information content (AvgIpc) is 3.26. The summed E-state index contributed by atoms with van der Waals surface area (Å²) >= 11 is 0.928. The maximum absolute atomic E-state index is 14.4. The normalized spacial score (nSPS) is 14.9. The summed E-state index contributed by atoms with van der Waals surface area (Å²) in [7, 11) is -4.08. The van der Waals surface area contributed by atoms with Gasteiger partial charge >= 0.3 is 35.7 Å². The Morgan fingerprint density at radius 2 is 1.86 bits per heavy atom. The molecule has 15 heteroatoms. The summed E-state index contributed by atoms with van der Waals surface area (Å²) in [6.07, 6.45) is -3.03. The van der Waals surface area contributed by atoms with Crippen LogP contribution in [0.5, 0.6) is 0 Å². The van der Waals surface area contributed by atoms with Crippen LogP contribution in [-0.4, -0.2) is 76.7 Å². The molecule has 0 atom stereocenters. The molecule has 36 heavy (non-hydrogen) atoms. The molecule has 188 valence electrons. The minimum absolute atomic E-state index is 0. The van der Waals surface area contributed by atoms with Crippen molar-refractivity contribution in [3.05, 3.63) is 58.9 Å². The Morgan fingerprint density at radius 3 is 2.44 bits per heavy atom. The van der Waals surface area contributed by atoms with Crippen molar-refractivity contribution < 1.29 is 35.3 Å². The number of benzene rings is 1. The number of hydrogen-bond acceptors (Lipinski definition) is 7. The predicted octanol–water partition coefficient (Wildman–Crippen LogP) is 3.82. The summed E-state index contributed by atoms with van der Waals surface area (Å²) in [5.74, 6) is -1.48. The second kappa shape index (κ2) is 11.1. The van der Waals surface area contributed by atoms with Gasteiger partial charge in [-0.05, 0) is 37.1 Å². The Kier molecular flexibility index (Phi) is 8.78. The number of halogens is 4. The molecule has 2 N–H and O–H groups in total. The van der Waals surface area contributed by atoms with Gasteiger partial charge in [-0.3, -0.25) is 14.7 Å². The van der Waals surface area contributed by atoms with Crippen LogP contribution in [0.3, 0.4) is 0 Å². The first kappa shape index (κ1) is 28.5. The van der Waals surface area contributed by atoms with E-state index >= 15 is 0 Å². The van der Waals surface area contributed by atoms with E-state index in [1.54, 1.807) is 6.07 Å². The van der Waals surface area contributed by atoms with Crippen molar-refractivity contribution in [2.75, 3.05) is 23.3 Å². The van der Waals surface area contributed by atoms with Gasteiger partial charge in [-0.2, -0.15) is 21.6 Å². The SMILES string of the molecule is O=C(Nc1nc(-c2cccc(C(F)(F)F)c2F)cs1)c1ccc(N2CCC(S(=O)(=O)O)CC2)nc1.[NaH]. The summed E-state index contributed by atoms with van der Waals surface area (Å²) in [6.45, 7) is 0.744. The van der Waals surface area contributed by atoms with Crippen molar-refractivity contribution in [3.63, 3.8) is 0 Å². The number of amides is 1. The van der Waals surface area contributed by atoms with E-state index in [1.165, 1.54) is 23.7 Å². The van der Waals surface area contributed by atoms with Crippen LogP contribution in [0.1, 0.15) is 28.8 Å². The van der Waals surface area contributed by atoms with E-state index in [0.717, 1.165) is 17.4 Å².